The number of carbonyl (C=O) groups is 1. The molecule has 0 heterocycles. The summed E-state index contributed by atoms with van der Waals surface area (Å²) in [5.74, 6) is 1.02. The van der Waals surface area contributed by atoms with Crippen molar-refractivity contribution in [2.75, 3.05) is 6.61 Å². The van der Waals surface area contributed by atoms with Crippen LogP contribution in [0, 0.1) is 0 Å². The summed E-state index contributed by atoms with van der Waals surface area (Å²) in [7, 11) is 0. The Kier molecular flexibility index (Phi) is 4.83. The molecule has 2 rings (SSSR count). The molecule has 0 saturated heterocycles. The molecule has 1 aromatic carbocycles. The van der Waals surface area contributed by atoms with E-state index in [0.717, 1.165) is 25.0 Å². The predicted octanol–water partition coefficient (Wildman–Crippen LogP) is 3.67. The molecule has 1 aromatic rings. The van der Waals surface area contributed by atoms with E-state index in [1.807, 2.05) is 19.1 Å². The van der Waals surface area contributed by atoms with Crippen LogP contribution >= 0.6 is 0 Å². The van der Waals surface area contributed by atoms with Crippen LogP contribution in [-0.2, 0) is 9.53 Å². The van der Waals surface area contributed by atoms with Gasteiger partial charge >= 0.3 is 5.97 Å². The van der Waals surface area contributed by atoms with Crippen LogP contribution in [0.15, 0.2) is 24.3 Å². The minimum absolute atomic E-state index is 0.0168. The van der Waals surface area contributed by atoms with E-state index in [0.29, 0.717) is 12.5 Å². The SMILES string of the molecule is CCOc1cccc([C@@H]2CCCC[C@H]2OC(C)=O)c1. The fourth-order valence-corrected chi connectivity index (χ4v) is 2.83. The molecule has 0 unspecified atom stereocenters. The number of benzene rings is 1. The minimum atomic E-state index is -0.183. The van der Waals surface area contributed by atoms with E-state index in [2.05, 4.69) is 12.1 Å². The molecule has 104 valence electrons. The van der Waals surface area contributed by atoms with Crippen LogP contribution in [-0.4, -0.2) is 18.7 Å². The van der Waals surface area contributed by atoms with Crippen molar-refractivity contribution in [3.05, 3.63) is 29.8 Å². The van der Waals surface area contributed by atoms with Gasteiger partial charge < -0.3 is 9.47 Å². The maximum atomic E-state index is 11.2. The third kappa shape index (κ3) is 3.72. The second-order valence-corrected chi connectivity index (χ2v) is 5.04. The molecule has 1 aliphatic carbocycles. The first kappa shape index (κ1) is 13.9. The molecule has 0 amide bonds. The van der Waals surface area contributed by atoms with Gasteiger partial charge in [0.15, 0.2) is 0 Å². The Hall–Kier alpha value is -1.51. The molecule has 3 nitrogen and oxygen atoms in total. The molecular formula is C16H22O3. The van der Waals surface area contributed by atoms with E-state index in [1.54, 1.807) is 0 Å². The highest BCUT2D eigenvalue weighted by atomic mass is 16.5. The van der Waals surface area contributed by atoms with E-state index in [9.17, 15) is 4.79 Å². The van der Waals surface area contributed by atoms with Crippen LogP contribution in [0.4, 0.5) is 0 Å². The number of carbonyl (C=O) groups excluding carboxylic acids is 1. The lowest BCUT2D eigenvalue weighted by molar-refractivity contribution is -0.148. The van der Waals surface area contributed by atoms with Crippen molar-refractivity contribution < 1.29 is 14.3 Å². The van der Waals surface area contributed by atoms with Gasteiger partial charge in [0.2, 0.25) is 0 Å². The normalized spacial score (nSPS) is 22.8. The van der Waals surface area contributed by atoms with E-state index < -0.39 is 0 Å². The highest BCUT2D eigenvalue weighted by Gasteiger charge is 2.29. The summed E-state index contributed by atoms with van der Waals surface area (Å²) in [6.45, 7) is 4.14. The molecule has 1 fully saturated rings. The zero-order chi connectivity index (χ0) is 13.7. The van der Waals surface area contributed by atoms with Crippen LogP contribution in [0.5, 0.6) is 5.75 Å². The number of hydrogen-bond donors (Lipinski definition) is 0. The van der Waals surface area contributed by atoms with Crippen molar-refractivity contribution in [1.29, 1.82) is 0 Å². The first-order chi connectivity index (χ1) is 9.20. The average Bonchev–Trinajstić information content (AvgIpc) is 2.39. The van der Waals surface area contributed by atoms with Gasteiger partial charge in [0.1, 0.15) is 11.9 Å². The number of hydrogen-bond acceptors (Lipinski definition) is 3. The van der Waals surface area contributed by atoms with E-state index >= 15 is 0 Å². The van der Waals surface area contributed by atoms with E-state index in [-0.39, 0.29) is 12.1 Å². The topological polar surface area (TPSA) is 35.5 Å². The van der Waals surface area contributed by atoms with Crippen molar-refractivity contribution in [3.8, 4) is 5.75 Å². The Morgan fingerprint density at radius 3 is 2.84 bits per heavy atom. The second kappa shape index (κ2) is 6.60. The number of esters is 1. The largest absolute Gasteiger partial charge is 0.494 e. The second-order valence-electron chi connectivity index (χ2n) is 5.04. The average molecular weight is 262 g/mol. The standard InChI is InChI=1S/C16H22O3/c1-3-18-14-8-6-7-13(11-14)15-9-4-5-10-16(15)19-12(2)17/h6-8,11,15-16H,3-5,9-10H2,1-2H3/t15-,16+/m0/s1. The van der Waals surface area contributed by atoms with Crippen molar-refractivity contribution in [1.82, 2.24) is 0 Å². The van der Waals surface area contributed by atoms with Gasteiger partial charge in [0.25, 0.3) is 0 Å². The van der Waals surface area contributed by atoms with Gasteiger partial charge in [0, 0.05) is 12.8 Å². The lowest BCUT2D eigenvalue weighted by atomic mass is 9.81. The monoisotopic (exact) mass is 262 g/mol. The molecule has 3 heteroatoms. The summed E-state index contributed by atoms with van der Waals surface area (Å²) in [6, 6.07) is 8.17. The van der Waals surface area contributed by atoms with Gasteiger partial charge in [-0.15, -0.1) is 0 Å². The predicted molar refractivity (Wildman–Crippen MR) is 74.4 cm³/mol. The maximum absolute atomic E-state index is 11.2. The van der Waals surface area contributed by atoms with Crippen molar-refractivity contribution in [2.24, 2.45) is 0 Å². The van der Waals surface area contributed by atoms with Gasteiger partial charge in [-0.25, -0.2) is 0 Å². The molecule has 0 aromatic heterocycles. The van der Waals surface area contributed by atoms with E-state index in [1.165, 1.54) is 18.9 Å². The van der Waals surface area contributed by atoms with Crippen molar-refractivity contribution >= 4 is 5.97 Å². The summed E-state index contributed by atoms with van der Waals surface area (Å²) in [5, 5.41) is 0. The summed E-state index contributed by atoms with van der Waals surface area (Å²) in [4.78, 5) is 11.2. The van der Waals surface area contributed by atoms with Crippen LogP contribution in [0.2, 0.25) is 0 Å². The Balaban J connectivity index is 2.16. The van der Waals surface area contributed by atoms with Crippen LogP contribution in [0.1, 0.15) is 51.0 Å². The Morgan fingerprint density at radius 1 is 1.32 bits per heavy atom. The Morgan fingerprint density at radius 2 is 2.11 bits per heavy atom. The molecule has 0 bridgehead atoms. The molecule has 1 aliphatic rings. The van der Waals surface area contributed by atoms with E-state index in [4.69, 9.17) is 9.47 Å². The Labute approximate surface area is 114 Å². The molecule has 0 aliphatic heterocycles. The summed E-state index contributed by atoms with van der Waals surface area (Å²) >= 11 is 0. The van der Waals surface area contributed by atoms with Gasteiger partial charge in [-0.2, -0.15) is 0 Å². The Bertz CT molecular complexity index is 428. The highest BCUT2D eigenvalue weighted by Crippen LogP contribution is 2.36. The maximum Gasteiger partial charge on any atom is 0.302 e. The molecule has 0 radical (unpaired) electrons. The third-order valence-electron chi connectivity index (χ3n) is 3.62. The first-order valence-corrected chi connectivity index (χ1v) is 7.10. The lowest BCUT2D eigenvalue weighted by Gasteiger charge is -2.31. The fraction of sp³-hybridized carbons (Fsp3) is 0.562. The van der Waals surface area contributed by atoms with Crippen LogP contribution in [0.25, 0.3) is 0 Å². The summed E-state index contributed by atoms with van der Waals surface area (Å²) in [5.41, 5.74) is 1.22. The molecule has 0 N–H and O–H groups in total. The highest BCUT2D eigenvalue weighted by molar-refractivity contribution is 5.66. The number of rotatable bonds is 4. The lowest BCUT2D eigenvalue weighted by Crippen LogP contribution is -2.27. The molecule has 0 spiro atoms. The summed E-state index contributed by atoms with van der Waals surface area (Å²) in [6.07, 6.45) is 4.39. The smallest absolute Gasteiger partial charge is 0.302 e. The fourth-order valence-electron chi connectivity index (χ4n) is 2.83. The summed E-state index contributed by atoms with van der Waals surface area (Å²) < 4.78 is 11.0. The first-order valence-electron chi connectivity index (χ1n) is 7.10. The van der Waals surface area contributed by atoms with Gasteiger partial charge in [-0.1, -0.05) is 18.6 Å². The van der Waals surface area contributed by atoms with Crippen LogP contribution in [0.3, 0.4) is 0 Å². The number of ether oxygens (including phenoxy) is 2. The van der Waals surface area contributed by atoms with Gasteiger partial charge in [-0.3, -0.25) is 4.79 Å². The van der Waals surface area contributed by atoms with Crippen molar-refractivity contribution in [3.63, 3.8) is 0 Å². The van der Waals surface area contributed by atoms with Crippen molar-refractivity contribution in [2.45, 2.75) is 51.6 Å². The quantitative estimate of drug-likeness (QED) is 0.777. The van der Waals surface area contributed by atoms with Crippen LogP contribution < -0.4 is 4.74 Å². The van der Waals surface area contributed by atoms with Gasteiger partial charge in [-0.05, 0) is 43.9 Å². The molecule has 1 saturated carbocycles. The zero-order valence-electron chi connectivity index (χ0n) is 11.7. The van der Waals surface area contributed by atoms with Gasteiger partial charge in [0.05, 0.1) is 6.61 Å². The minimum Gasteiger partial charge on any atom is -0.494 e. The molecule has 19 heavy (non-hydrogen) atoms. The molecular weight excluding hydrogens is 240 g/mol. The third-order valence-corrected chi connectivity index (χ3v) is 3.62. The zero-order valence-corrected chi connectivity index (χ0v) is 11.7. The molecule has 2 atom stereocenters.